The lowest BCUT2D eigenvalue weighted by Crippen LogP contribution is -2.41. The molecule has 0 aliphatic carbocycles. The SMILES string of the molecule is O=C(c1ccc(F)cc1)N1CCCC[C@@H](Sc2n[nH]c(=O)n2CCc2ccccc2)C1=O. The molecule has 0 unspecified atom stereocenters. The molecule has 0 spiro atoms. The lowest BCUT2D eigenvalue weighted by molar-refractivity contribution is -0.127. The number of likely N-dealkylation sites (tertiary alicyclic amines) is 1. The van der Waals surface area contributed by atoms with Crippen LogP contribution in [0.25, 0.3) is 0 Å². The molecule has 0 bridgehead atoms. The van der Waals surface area contributed by atoms with Gasteiger partial charge in [0.25, 0.3) is 5.91 Å². The van der Waals surface area contributed by atoms with E-state index in [0.29, 0.717) is 37.5 Å². The number of halogens is 1. The molecular weight excluding hydrogens is 431 g/mol. The summed E-state index contributed by atoms with van der Waals surface area (Å²) in [5, 5.41) is 6.48. The molecule has 32 heavy (non-hydrogen) atoms. The number of rotatable bonds is 6. The van der Waals surface area contributed by atoms with Crippen LogP contribution < -0.4 is 5.69 Å². The summed E-state index contributed by atoms with van der Waals surface area (Å²) in [5.74, 6) is -1.19. The van der Waals surface area contributed by atoms with Crippen LogP contribution in [0.4, 0.5) is 4.39 Å². The number of aromatic nitrogens is 3. The van der Waals surface area contributed by atoms with Crippen molar-refractivity contribution in [2.75, 3.05) is 6.54 Å². The van der Waals surface area contributed by atoms with Gasteiger partial charge in [0.1, 0.15) is 5.82 Å². The van der Waals surface area contributed by atoms with Crippen molar-refractivity contribution in [2.24, 2.45) is 0 Å². The second kappa shape index (κ2) is 9.95. The van der Waals surface area contributed by atoms with Gasteiger partial charge in [0.2, 0.25) is 5.91 Å². The minimum absolute atomic E-state index is 0.268. The van der Waals surface area contributed by atoms with Gasteiger partial charge in [0.05, 0.1) is 5.25 Å². The van der Waals surface area contributed by atoms with Crippen LogP contribution in [-0.4, -0.2) is 43.3 Å². The topological polar surface area (TPSA) is 88.1 Å². The summed E-state index contributed by atoms with van der Waals surface area (Å²) >= 11 is 1.20. The Kier molecular flexibility index (Phi) is 6.84. The van der Waals surface area contributed by atoms with Crippen LogP contribution in [0.15, 0.2) is 64.5 Å². The zero-order chi connectivity index (χ0) is 22.5. The smallest absolute Gasteiger partial charge is 0.278 e. The van der Waals surface area contributed by atoms with Gasteiger partial charge >= 0.3 is 5.69 Å². The Bertz CT molecular complexity index is 1140. The fraction of sp³-hybridized carbons (Fsp3) is 0.304. The number of H-pyrrole nitrogens is 1. The van der Waals surface area contributed by atoms with Crippen LogP contribution in [0.2, 0.25) is 0 Å². The van der Waals surface area contributed by atoms with Crippen molar-refractivity contribution in [2.45, 2.75) is 42.6 Å². The molecule has 0 saturated carbocycles. The second-order valence-electron chi connectivity index (χ2n) is 7.60. The van der Waals surface area contributed by atoms with Gasteiger partial charge < -0.3 is 0 Å². The maximum atomic E-state index is 13.2. The minimum atomic E-state index is -0.535. The molecule has 9 heteroatoms. The summed E-state index contributed by atoms with van der Waals surface area (Å²) in [7, 11) is 0. The normalized spacial score (nSPS) is 16.7. The Morgan fingerprint density at radius 3 is 2.59 bits per heavy atom. The summed E-state index contributed by atoms with van der Waals surface area (Å²) in [5.41, 5.74) is 1.03. The van der Waals surface area contributed by atoms with Gasteiger partial charge in [-0.05, 0) is 49.1 Å². The molecule has 1 fully saturated rings. The zero-order valence-corrected chi connectivity index (χ0v) is 18.2. The van der Waals surface area contributed by atoms with Crippen molar-refractivity contribution >= 4 is 23.6 Å². The molecule has 1 atom stereocenters. The third kappa shape index (κ3) is 4.99. The summed E-state index contributed by atoms with van der Waals surface area (Å²) in [4.78, 5) is 39.6. The van der Waals surface area contributed by atoms with Crippen molar-refractivity contribution in [1.29, 1.82) is 0 Å². The van der Waals surface area contributed by atoms with E-state index in [1.807, 2.05) is 30.3 Å². The van der Waals surface area contributed by atoms with Crippen LogP contribution in [0.3, 0.4) is 0 Å². The second-order valence-corrected chi connectivity index (χ2v) is 8.77. The Balaban J connectivity index is 1.50. The van der Waals surface area contributed by atoms with Crippen molar-refractivity contribution < 1.29 is 14.0 Å². The molecule has 1 aliphatic heterocycles. The molecule has 2 amide bonds. The fourth-order valence-corrected chi connectivity index (χ4v) is 4.84. The van der Waals surface area contributed by atoms with Crippen LogP contribution in [0.1, 0.15) is 35.2 Å². The van der Waals surface area contributed by atoms with Gasteiger partial charge in [0.15, 0.2) is 5.16 Å². The third-order valence-electron chi connectivity index (χ3n) is 5.41. The molecule has 1 N–H and O–H groups in total. The average molecular weight is 455 g/mol. The Morgan fingerprint density at radius 2 is 1.84 bits per heavy atom. The summed E-state index contributed by atoms with van der Waals surface area (Å²) in [6.07, 6.45) is 2.70. The number of aryl methyl sites for hydroxylation is 1. The number of aromatic amines is 1. The molecule has 1 aliphatic rings. The van der Waals surface area contributed by atoms with Crippen molar-refractivity contribution in [3.05, 3.63) is 82.0 Å². The zero-order valence-electron chi connectivity index (χ0n) is 17.4. The number of benzene rings is 2. The first kappa shape index (κ1) is 22.0. The van der Waals surface area contributed by atoms with E-state index >= 15 is 0 Å². The standard InChI is InChI=1S/C23H23FN4O3S/c24-18-11-9-17(10-12-18)20(29)27-14-5-4-8-19(21(27)30)32-23-26-25-22(31)28(23)15-13-16-6-2-1-3-7-16/h1-3,6-7,9-12,19H,4-5,8,13-15H2,(H,25,31)/t19-/m1/s1. The Labute approximate surface area is 188 Å². The highest BCUT2D eigenvalue weighted by Crippen LogP contribution is 2.29. The third-order valence-corrected chi connectivity index (χ3v) is 6.66. The van der Waals surface area contributed by atoms with Gasteiger partial charge in [-0.1, -0.05) is 48.5 Å². The number of amides is 2. The first-order chi connectivity index (χ1) is 15.5. The molecule has 3 aromatic rings. The van der Waals surface area contributed by atoms with Crippen molar-refractivity contribution in [3.8, 4) is 0 Å². The largest absolute Gasteiger partial charge is 0.343 e. The van der Waals surface area contributed by atoms with Crippen LogP contribution in [0, 0.1) is 5.82 Å². The first-order valence-electron chi connectivity index (χ1n) is 10.5. The first-order valence-corrected chi connectivity index (χ1v) is 11.4. The number of imide groups is 1. The number of carbonyl (C=O) groups excluding carboxylic acids is 2. The monoisotopic (exact) mass is 454 g/mol. The number of carbonyl (C=O) groups is 2. The molecule has 4 rings (SSSR count). The van der Waals surface area contributed by atoms with Gasteiger partial charge in [-0.15, -0.1) is 5.10 Å². The Morgan fingerprint density at radius 1 is 1.09 bits per heavy atom. The van der Waals surface area contributed by atoms with Crippen molar-refractivity contribution in [3.63, 3.8) is 0 Å². The molecule has 166 valence electrons. The fourth-order valence-electron chi connectivity index (χ4n) is 3.67. The highest BCUT2D eigenvalue weighted by Gasteiger charge is 2.33. The minimum Gasteiger partial charge on any atom is -0.278 e. The molecular formula is C23H23FN4O3S. The number of nitrogens with zero attached hydrogens (tertiary/aromatic N) is 3. The predicted molar refractivity (Wildman–Crippen MR) is 119 cm³/mol. The molecule has 1 saturated heterocycles. The van der Waals surface area contributed by atoms with Crippen LogP contribution in [0.5, 0.6) is 0 Å². The quantitative estimate of drug-likeness (QED) is 0.578. The molecule has 1 aromatic heterocycles. The van der Waals surface area contributed by atoms with Crippen LogP contribution in [-0.2, 0) is 17.8 Å². The highest BCUT2D eigenvalue weighted by atomic mass is 32.2. The number of thioether (sulfide) groups is 1. The number of hydrogen-bond donors (Lipinski definition) is 1. The summed E-state index contributed by atoms with van der Waals surface area (Å²) in [6.45, 7) is 0.744. The average Bonchev–Trinajstić information content (AvgIpc) is 3.05. The predicted octanol–water partition coefficient (Wildman–Crippen LogP) is 3.27. The molecule has 0 radical (unpaired) electrons. The number of nitrogens with one attached hydrogen (secondary N) is 1. The molecule has 7 nitrogen and oxygen atoms in total. The van der Waals surface area contributed by atoms with E-state index in [0.717, 1.165) is 12.0 Å². The number of hydrogen-bond acceptors (Lipinski definition) is 5. The molecule has 2 heterocycles. The molecule has 2 aromatic carbocycles. The van der Waals surface area contributed by atoms with Gasteiger partial charge in [-0.25, -0.2) is 14.3 Å². The maximum absolute atomic E-state index is 13.2. The van der Waals surface area contributed by atoms with E-state index in [1.165, 1.54) is 45.5 Å². The Hall–Kier alpha value is -3.20. The van der Waals surface area contributed by atoms with Crippen molar-refractivity contribution in [1.82, 2.24) is 19.7 Å². The van der Waals surface area contributed by atoms with Crippen LogP contribution >= 0.6 is 11.8 Å². The van der Waals surface area contributed by atoms with Gasteiger partial charge in [-0.2, -0.15) is 0 Å². The van der Waals surface area contributed by atoms with E-state index < -0.39 is 17.0 Å². The lowest BCUT2D eigenvalue weighted by atomic mass is 10.1. The van der Waals surface area contributed by atoms with Gasteiger partial charge in [-0.3, -0.25) is 19.1 Å². The van der Waals surface area contributed by atoms with E-state index in [-0.39, 0.29) is 17.2 Å². The lowest BCUT2D eigenvalue weighted by Gasteiger charge is -2.22. The highest BCUT2D eigenvalue weighted by molar-refractivity contribution is 8.00. The summed E-state index contributed by atoms with van der Waals surface area (Å²) < 4.78 is 14.7. The van der Waals surface area contributed by atoms with E-state index in [4.69, 9.17) is 0 Å². The van der Waals surface area contributed by atoms with Gasteiger partial charge in [0, 0.05) is 18.7 Å². The maximum Gasteiger partial charge on any atom is 0.343 e. The van der Waals surface area contributed by atoms with E-state index in [1.54, 1.807) is 0 Å². The van der Waals surface area contributed by atoms with E-state index in [9.17, 15) is 18.8 Å². The summed E-state index contributed by atoms with van der Waals surface area (Å²) in [6, 6.07) is 15.0. The van der Waals surface area contributed by atoms with E-state index in [2.05, 4.69) is 10.2 Å².